The van der Waals surface area contributed by atoms with Gasteiger partial charge in [0.25, 0.3) is 0 Å². The van der Waals surface area contributed by atoms with E-state index in [0.717, 1.165) is 18.2 Å². The summed E-state index contributed by atoms with van der Waals surface area (Å²) in [6, 6.07) is 5.14. The molecule has 33 heavy (non-hydrogen) atoms. The van der Waals surface area contributed by atoms with Crippen LogP contribution < -0.4 is 0 Å². The fourth-order valence-corrected chi connectivity index (χ4v) is 5.51. The molecule has 0 atom stereocenters. The number of rotatable bonds is 6. The summed E-state index contributed by atoms with van der Waals surface area (Å²) in [6.45, 7) is 1.91. The normalized spacial score (nSPS) is 16.1. The van der Waals surface area contributed by atoms with E-state index in [9.17, 15) is 30.8 Å². The molecule has 0 radical (unpaired) electrons. The molecule has 0 spiro atoms. The van der Waals surface area contributed by atoms with Gasteiger partial charge in [-0.3, -0.25) is 9.78 Å². The predicted molar refractivity (Wildman–Crippen MR) is 114 cm³/mol. The van der Waals surface area contributed by atoms with E-state index in [1.165, 1.54) is 23.4 Å². The molecule has 180 valence electrons. The summed E-state index contributed by atoms with van der Waals surface area (Å²) in [7, 11) is -3.78. The van der Waals surface area contributed by atoms with E-state index >= 15 is 0 Å². The maximum atomic E-state index is 13.1. The second-order valence-electron chi connectivity index (χ2n) is 7.70. The number of piperidine rings is 1. The van der Waals surface area contributed by atoms with Gasteiger partial charge >= 0.3 is 6.18 Å². The Bertz CT molecular complexity index is 1100. The fourth-order valence-electron chi connectivity index (χ4n) is 3.78. The van der Waals surface area contributed by atoms with Crippen molar-refractivity contribution in [1.29, 1.82) is 0 Å². The molecule has 12 heteroatoms. The lowest BCUT2D eigenvalue weighted by molar-refractivity contribution is -0.137. The van der Waals surface area contributed by atoms with Crippen molar-refractivity contribution in [3.05, 3.63) is 58.6 Å². The highest BCUT2D eigenvalue weighted by Gasteiger charge is 2.33. The Hall–Kier alpha value is -2.24. The van der Waals surface area contributed by atoms with Gasteiger partial charge in [-0.1, -0.05) is 11.6 Å². The number of sulfonamides is 1. The molecular formula is C21H22ClF4N3O3S. The lowest BCUT2D eigenvalue weighted by Gasteiger charge is -2.37. The first-order valence-electron chi connectivity index (χ1n) is 10.1. The lowest BCUT2D eigenvalue weighted by atomic mass is 10.0. The quantitative estimate of drug-likeness (QED) is 0.551. The van der Waals surface area contributed by atoms with Crippen LogP contribution in [0.3, 0.4) is 0 Å². The third-order valence-corrected chi connectivity index (χ3v) is 7.79. The van der Waals surface area contributed by atoms with Crippen molar-refractivity contribution in [3.8, 4) is 0 Å². The number of carbonyl (C=O) groups excluding carboxylic acids is 1. The summed E-state index contributed by atoms with van der Waals surface area (Å²) in [5.74, 6) is -0.773. The van der Waals surface area contributed by atoms with Crippen LogP contribution in [-0.4, -0.2) is 54.2 Å². The first-order valence-corrected chi connectivity index (χ1v) is 12.0. The number of hydrogen-bond acceptors (Lipinski definition) is 4. The molecular weight excluding hydrogens is 486 g/mol. The van der Waals surface area contributed by atoms with Crippen LogP contribution in [0.25, 0.3) is 0 Å². The van der Waals surface area contributed by atoms with E-state index < -0.39 is 27.6 Å². The van der Waals surface area contributed by atoms with Gasteiger partial charge in [0, 0.05) is 45.2 Å². The Labute approximate surface area is 194 Å². The van der Waals surface area contributed by atoms with Crippen molar-refractivity contribution >= 4 is 27.5 Å². The Morgan fingerprint density at radius 3 is 2.33 bits per heavy atom. The van der Waals surface area contributed by atoms with E-state index in [0.29, 0.717) is 19.0 Å². The summed E-state index contributed by atoms with van der Waals surface area (Å²) < 4.78 is 78.3. The summed E-state index contributed by atoms with van der Waals surface area (Å²) in [4.78, 5) is 17.6. The van der Waals surface area contributed by atoms with Gasteiger partial charge in [0.1, 0.15) is 5.82 Å². The average Bonchev–Trinajstić information content (AvgIpc) is 2.74. The van der Waals surface area contributed by atoms with Crippen LogP contribution in [0.4, 0.5) is 17.6 Å². The first kappa shape index (κ1) is 25.4. The Kier molecular flexibility index (Phi) is 7.65. The molecule has 1 aromatic carbocycles. The zero-order chi connectivity index (χ0) is 24.4. The maximum absolute atomic E-state index is 13.1. The number of carbonyl (C=O) groups is 1. The second-order valence-corrected chi connectivity index (χ2v) is 10.0. The monoisotopic (exact) mass is 507 g/mol. The predicted octanol–water partition coefficient (Wildman–Crippen LogP) is 4.14. The second kappa shape index (κ2) is 9.94. The average molecular weight is 508 g/mol. The highest BCUT2D eigenvalue weighted by molar-refractivity contribution is 7.89. The van der Waals surface area contributed by atoms with Crippen molar-refractivity contribution in [2.45, 2.75) is 43.3 Å². The summed E-state index contributed by atoms with van der Waals surface area (Å²) in [5.41, 5.74) is -0.707. The third kappa shape index (κ3) is 6.01. The molecule has 0 N–H and O–H groups in total. The standard InChI is InChI=1S/C21H22ClF4N3O3S/c1-14(30)29(11-8-20-19(22)12-15(13-27-20)21(24,25)26)17-6-9-28(10-7-17)33(31,32)18-4-2-16(23)3-5-18/h2-5,12-13,17H,6-11H2,1H3. The van der Waals surface area contributed by atoms with Crippen molar-refractivity contribution in [2.75, 3.05) is 19.6 Å². The summed E-state index contributed by atoms with van der Waals surface area (Å²) >= 11 is 5.96. The molecule has 0 unspecified atom stereocenters. The SMILES string of the molecule is CC(=O)N(CCc1ncc(C(F)(F)F)cc1Cl)C1CCN(S(=O)(=O)c2ccc(F)cc2)CC1. The van der Waals surface area contributed by atoms with Gasteiger partial charge < -0.3 is 4.90 Å². The Morgan fingerprint density at radius 2 is 1.82 bits per heavy atom. The van der Waals surface area contributed by atoms with Crippen LogP contribution in [-0.2, 0) is 27.4 Å². The molecule has 0 bridgehead atoms. The van der Waals surface area contributed by atoms with E-state index in [1.54, 1.807) is 4.90 Å². The highest BCUT2D eigenvalue weighted by atomic mass is 35.5. The molecule has 3 rings (SSSR count). The van der Waals surface area contributed by atoms with Crippen molar-refractivity contribution in [3.63, 3.8) is 0 Å². The van der Waals surface area contributed by atoms with Crippen LogP contribution in [0.15, 0.2) is 41.4 Å². The van der Waals surface area contributed by atoms with Crippen molar-refractivity contribution < 1.29 is 30.8 Å². The zero-order valence-electron chi connectivity index (χ0n) is 17.6. The number of benzene rings is 1. The number of hydrogen-bond donors (Lipinski definition) is 0. The maximum Gasteiger partial charge on any atom is 0.417 e. The molecule has 0 saturated carbocycles. The largest absolute Gasteiger partial charge is 0.417 e. The molecule has 1 saturated heterocycles. The minimum Gasteiger partial charge on any atom is -0.339 e. The highest BCUT2D eigenvalue weighted by Crippen LogP contribution is 2.31. The van der Waals surface area contributed by atoms with Crippen LogP contribution >= 0.6 is 11.6 Å². The number of pyridine rings is 1. The van der Waals surface area contributed by atoms with Crippen LogP contribution in [0.1, 0.15) is 31.0 Å². The molecule has 1 aromatic heterocycles. The van der Waals surface area contributed by atoms with Gasteiger partial charge in [-0.15, -0.1) is 0 Å². The van der Waals surface area contributed by atoms with Gasteiger partial charge in [0.2, 0.25) is 15.9 Å². The Morgan fingerprint density at radius 1 is 1.21 bits per heavy atom. The van der Waals surface area contributed by atoms with E-state index in [-0.39, 0.29) is 53.6 Å². The number of nitrogens with zero attached hydrogens (tertiary/aromatic N) is 3. The minimum atomic E-state index is -4.55. The van der Waals surface area contributed by atoms with E-state index in [1.807, 2.05) is 0 Å². The lowest BCUT2D eigenvalue weighted by Crippen LogP contribution is -2.48. The van der Waals surface area contributed by atoms with E-state index in [4.69, 9.17) is 11.6 Å². The van der Waals surface area contributed by atoms with Crippen LogP contribution in [0.2, 0.25) is 5.02 Å². The number of aromatic nitrogens is 1. The molecule has 1 fully saturated rings. The Balaban J connectivity index is 1.64. The van der Waals surface area contributed by atoms with Gasteiger partial charge in [0.05, 0.1) is 21.2 Å². The van der Waals surface area contributed by atoms with Gasteiger partial charge in [0.15, 0.2) is 0 Å². The van der Waals surface area contributed by atoms with Crippen molar-refractivity contribution in [2.24, 2.45) is 0 Å². The third-order valence-electron chi connectivity index (χ3n) is 5.55. The summed E-state index contributed by atoms with van der Waals surface area (Å²) in [5, 5.41) is -0.131. The van der Waals surface area contributed by atoms with E-state index in [2.05, 4.69) is 4.98 Å². The topological polar surface area (TPSA) is 70.6 Å². The number of alkyl halides is 3. The molecule has 1 amide bonds. The number of amides is 1. The molecule has 6 nitrogen and oxygen atoms in total. The van der Waals surface area contributed by atoms with Gasteiger partial charge in [-0.25, -0.2) is 12.8 Å². The van der Waals surface area contributed by atoms with Crippen molar-refractivity contribution in [1.82, 2.24) is 14.2 Å². The van der Waals surface area contributed by atoms with Crippen LogP contribution in [0, 0.1) is 5.82 Å². The van der Waals surface area contributed by atoms with Crippen LogP contribution in [0.5, 0.6) is 0 Å². The summed E-state index contributed by atoms with van der Waals surface area (Å²) in [6.07, 6.45) is -2.92. The fraction of sp³-hybridized carbons (Fsp3) is 0.429. The minimum absolute atomic E-state index is 0.00575. The molecule has 1 aliphatic rings. The molecule has 2 aromatic rings. The van der Waals surface area contributed by atoms with Gasteiger partial charge in [-0.05, 0) is 43.2 Å². The zero-order valence-corrected chi connectivity index (χ0v) is 19.2. The smallest absolute Gasteiger partial charge is 0.339 e. The first-order chi connectivity index (χ1) is 15.4. The number of halogens is 5. The molecule has 1 aliphatic heterocycles. The molecule has 0 aliphatic carbocycles. The van der Waals surface area contributed by atoms with Gasteiger partial charge in [-0.2, -0.15) is 17.5 Å². The molecule has 2 heterocycles.